The van der Waals surface area contributed by atoms with E-state index in [9.17, 15) is 4.79 Å². The maximum atomic E-state index is 12.3. The van der Waals surface area contributed by atoms with E-state index < -0.39 is 0 Å². The topological polar surface area (TPSA) is 52.3 Å². The van der Waals surface area contributed by atoms with E-state index >= 15 is 0 Å². The minimum Gasteiger partial charge on any atom is -0.455 e. The van der Waals surface area contributed by atoms with Crippen molar-refractivity contribution in [1.82, 2.24) is 5.16 Å². The first-order valence-electron chi connectivity index (χ1n) is 7.78. The maximum Gasteiger partial charge on any atom is 0.339 e. The minimum atomic E-state index is -0.368. The van der Waals surface area contributed by atoms with E-state index in [1.165, 1.54) is 0 Å². The molecule has 0 saturated heterocycles. The Labute approximate surface area is 155 Å². The summed E-state index contributed by atoms with van der Waals surface area (Å²) in [6.07, 6.45) is 0. The zero-order chi connectivity index (χ0) is 17.6. The quantitative estimate of drug-likeness (QED) is 0.424. The van der Waals surface area contributed by atoms with E-state index in [0.29, 0.717) is 22.0 Å². The lowest BCUT2D eigenvalue weighted by Crippen LogP contribution is -2.06. The Bertz CT molecular complexity index is 861. The van der Waals surface area contributed by atoms with Gasteiger partial charge in [-0.15, -0.1) is 11.8 Å². The molecule has 1 heterocycles. The second-order valence-electron chi connectivity index (χ2n) is 5.19. The summed E-state index contributed by atoms with van der Waals surface area (Å²) in [5, 5.41) is 4.60. The molecule has 0 N–H and O–H groups in total. The third-order valence-electron chi connectivity index (χ3n) is 3.45. The number of hydrogen-bond donors (Lipinski definition) is 0. The third-order valence-corrected chi connectivity index (χ3v) is 4.65. The van der Waals surface area contributed by atoms with Crippen LogP contribution in [-0.4, -0.2) is 16.9 Å². The Morgan fingerprint density at radius 3 is 2.72 bits per heavy atom. The largest absolute Gasteiger partial charge is 0.455 e. The van der Waals surface area contributed by atoms with Gasteiger partial charge >= 0.3 is 5.97 Å². The summed E-state index contributed by atoms with van der Waals surface area (Å²) in [4.78, 5) is 13.2. The van der Waals surface area contributed by atoms with Gasteiger partial charge in [0.15, 0.2) is 5.76 Å². The Kier molecular flexibility index (Phi) is 5.79. The number of rotatable bonds is 6. The SMILES string of the molecule is CCSc1ccccc1C(=O)OCc1cc(-c2ccc(Cl)cc2)on1. The lowest BCUT2D eigenvalue weighted by atomic mass is 10.2. The van der Waals surface area contributed by atoms with E-state index in [1.54, 1.807) is 36.0 Å². The highest BCUT2D eigenvalue weighted by molar-refractivity contribution is 7.99. The third kappa shape index (κ3) is 4.44. The molecular weight excluding hydrogens is 358 g/mol. The highest BCUT2D eigenvalue weighted by Gasteiger charge is 2.14. The molecular formula is C19H16ClNO3S. The standard InChI is InChI=1S/C19H16ClNO3S/c1-2-25-18-6-4-3-5-16(18)19(22)23-12-15-11-17(24-21-15)13-7-9-14(20)10-8-13/h3-11H,2,12H2,1H3. The minimum absolute atomic E-state index is 0.0566. The van der Waals surface area contributed by atoms with Crippen molar-refractivity contribution in [1.29, 1.82) is 0 Å². The molecule has 3 aromatic rings. The van der Waals surface area contributed by atoms with Crippen molar-refractivity contribution in [3.8, 4) is 11.3 Å². The molecule has 25 heavy (non-hydrogen) atoms. The number of thioether (sulfide) groups is 1. The van der Waals surface area contributed by atoms with Crippen molar-refractivity contribution < 1.29 is 14.1 Å². The van der Waals surface area contributed by atoms with Gasteiger partial charge in [0.25, 0.3) is 0 Å². The van der Waals surface area contributed by atoms with Gasteiger partial charge in [-0.25, -0.2) is 4.79 Å². The number of nitrogens with zero attached hydrogens (tertiary/aromatic N) is 1. The van der Waals surface area contributed by atoms with Gasteiger partial charge in [-0.3, -0.25) is 0 Å². The van der Waals surface area contributed by atoms with Gasteiger partial charge in [0, 0.05) is 21.5 Å². The summed E-state index contributed by atoms with van der Waals surface area (Å²) >= 11 is 7.49. The number of esters is 1. The van der Waals surface area contributed by atoms with Crippen molar-refractivity contribution in [3.05, 3.63) is 70.9 Å². The van der Waals surface area contributed by atoms with Crippen LogP contribution in [0.15, 0.2) is 64.0 Å². The summed E-state index contributed by atoms with van der Waals surface area (Å²) in [5.74, 6) is 1.12. The molecule has 1 aromatic heterocycles. The molecule has 0 unspecified atom stereocenters. The zero-order valence-electron chi connectivity index (χ0n) is 13.6. The van der Waals surface area contributed by atoms with Crippen LogP contribution in [0.1, 0.15) is 23.0 Å². The summed E-state index contributed by atoms with van der Waals surface area (Å²) in [6.45, 7) is 2.10. The second kappa shape index (κ2) is 8.23. The summed E-state index contributed by atoms with van der Waals surface area (Å²) in [6, 6.07) is 16.4. The van der Waals surface area contributed by atoms with Crippen LogP contribution in [0.3, 0.4) is 0 Å². The molecule has 3 rings (SSSR count). The van der Waals surface area contributed by atoms with E-state index in [1.807, 2.05) is 37.3 Å². The molecule has 0 bridgehead atoms. The van der Waals surface area contributed by atoms with Gasteiger partial charge in [0.1, 0.15) is 12.3 Å². The summed E-state index contributed by atoms with van der Waals surface area (Å²) < 4.78 is 10.7. The highest BCUT2D eigenvalue weighted by atomic mass is 35.5. The molecule has 0 aliphatic carbocycles. The number of benzene rings is 2. The van der Waals surface area contributed by atoms with Crippen molar-refractivity contribution in [2.24, 2.45) is 0 Å². The van der Waals surface area contributed by atoms with E-state index in [4.69, 9.17) is 20.9 Å². The molecule has 0 saturated carbocycles. The Morgan fingerprint density at radius 1 is 1.20 bits per heavy atom. The van der Waals surface area contributed by atoms with E-state index in [0.717, 1.165) is 16.2 Å². The van der Waals surface area contributed by atoms with Gasteiger partial charge in [0.2, 0.25) is 0 Å². The van der Waals surface area contributed by atoms with Gasteiger partial charge in [-0.2, -0.15) is 0 Å². The van der Waals surface area contributed by atoms with Gasteiger partial charge in [-0.05, 0) is 42.2 Å². The zero-order valence-corrected chi connectivity index (χ0v) is 15.1. The maximum absolute atomic E-state index is 12.3. The number of hydrogen-bond acceptors (Lipinski definition) is 5. The predicted octanol–water partition coefficient (Wildman–Crippen LogP) is 5.46. The van der Waals surface area contributed by atoms with Gasteiger partial charge < -0.3 is 9.26 Å². The van der Waals surface area contributed by atoms with Gasteiger partial charge in [-0.1, -0.05) is 35.8 Å². The fourth-order valence-electron chi connectivity index (χ4n) is 2.26. The van der Waals surface area contributed by atoms with Crippen LogP contribution in [-0.2, 0) is 11.3 Å². The lowest BCUT2D eigenvalue weighted by Gasteiger charge is -2.07. The molecule has 2 aromatic carbocycles. The molecule has 4 nitrogen and oxygen atoms in total. The van der Waals surface area contributed by atoms with Crippen LogP contribution >= 0.6 is 23.4 Å². The Hall–Kier alpha value is -2.24. The Morgan fingerprint density at radius 2 is 1.96 bits per heavy atom. The first-order chi connectivity index (χ1) is 12.2. The van der Waals surface area contributed by atoms with Crippen LogP contribution < -0.4 is 0 Å². The van der Waals surface area contributed by atoms with E-state index in [-0.39, 0.29) is 12.6 Å². The number of ether oxygens (including phenoxy) is 1. The Balaban J connectivity index is 1.66. The summed E-state index contributed by atoms with van der Waals surface area (Å²) in [5.41, 5.74) is 1.98. The highest BCUT2D eigenvalue weighted by Crippen LogP contribution is 2.24. The van der Waals surface area contributed by atoms with Crippen molar-refractivity contribution in [3.63, 3.8) is 0 Å². The molecule has 0 spiro atoms. The molecule has 128 valence electrons. The predicted molar refractivity (Wildman–Crippen MR) is 98.9 cm³/mol. The number of carbonyl (C=O) groups is 1. The monoisotopic (exact) mass is 373 g/mol. The van der Waals surface area contributed by atoms with Crippen LogP contribution in [0.2, 0.25) is 5.02 Å². The molecule has 0 amide bonds. The summed E-state index contributed by atoms with van der Waals surface area (Å²) in [7, 11) is 0. The first-order valence-corrected chi connectivity index (χ1v) is 9.14. The van der Waals surface area contributed by atoms with Crippen LogP contribution in [0.5, 0.6) is 0 Å². The fourth-order valence-corrected chi connectivity index (χ4v) is 3.18. The van der Waals surface area contributed by atoms with Crippen LogP contribution in [0, 0.1) is 0 Å². The average Bonchev–Trinajstić information content (AvgIpc) is 3.10. The van der Waals surface area contributed by atoms with Crippen LogP contribution in [0.25, 0.3) is 11.3 Å². The number of carbonyl (C=O) groups excluding carboxylic acids is 1. The van der Waals surface area contributed by atoms with Crippen molar-refractivity contribution in [2.45, 2.75) is 18.4 Å². The molecule has 0 aliphatic rings. The van der Waals surface area contributed by atoms with Crippen molar-refractivity contribution in [2.75, 3.05) is 5.75 Å². The lowest BCUT2D eigenvalue weighted by molar-refractivity contribution is 0.0460. The molecule has 0 atom stereocenters. The average molecular weight is 374 g/mol. The molecule has 0 radical (unpaired) electrons. The van der Waals surface area contributed by atoms with Gasteiger partial charge in [0.05, 0.1) is 5.56 Å². The molecule has 6 heteroatoms. The van der Waals surface area contributed by atoms with E-state index in [2.05, 4.69) is 5.16 Å². The normalized spacial score (nSPS) is 10.6. The smallest absolute Gasteiger partial charge is 0.339 e. The second-order valence-corrected chi connectivity index (χ2v) is 6.94. The number of aromatic nitrogens is 1. The molecule has 0 fully saturated rings. The fraction of sp³-hybridized carbons (Fsp3) is 0.158. The molecule has 0 aliphatic heterocycles. The number of halogens is 1. The van der Waals surface area contributed by atoms with Crippen molar-refractivity contribution >= 4 is 29.3 Å². The first kappa shape index (κ1) is 17.6. The van der Waals surface area contributed by atoms with Crippen LogP contribution in [0.4, 0.5) is 0 Å².